The average molecular weight is 273 g/mol. The number of aromatic nitrogens is 2. The van der Waals surface area contributed by atoms with Crippen molar-refractivity contribution < 1.29 is 9.90 Å². The lowest BCUT2D eigenvalue weighted by atomic mass is 10.1. The predicted octanol–water partition coefficient (Wildman–Crippen LogP) is 2.52. The number of anilines is 1. The summed E-state index contributed by atoms with van der Waals surface area (Å²) < 4.78 is 1.67. The van der Waals surface area contributed by atoms with Crippen LogP contribution in [-0.2, 0) is 6.54 Å². The van der Waals surface area contributed by atoms with Crippen LogP contribution in [0.2, 0.25) is 0 Å². The molecule has 1 heterocycles. The van der Waals surface area contributed by atoms with Crippen molar-refractivity contribution >= 4 is 11.6 Å². The fraction of sp³-hybridized carbons (Fsp3) is 0.333. The fourth-order valence-corrected chi connectivity index (χ4v) is 2.04. The first-order valence-corrected chi connectivity index (χ1v) is 6.65. The van der Waals surface area contributed by atoms with Gasteiger partial charge in [0.2, 0.25) is 0 Å². The van der Waals surface area contributed by atoms with Crippen LogP contribution >= 0.6 is 0 Å². The molecule has 0 bridgehead atoms. The van der Waals surface area contributed by atoms with E-state index in [9.17, 15) is 9.90 Å². The SMILES string of the molecule is CCn1nc(C)cc1C(=O)Nc1cccc(C(C)O)c1. The van der Waals surface area contributed by atoms with Gasteiger partial charge in [-0.3, -0.25) is 9.48 Å². The summed E-state index contributed by atoms with van der Waals surface area (Å²) >= 11 is 0. The lowest BCUT2D eigenvalue weighted by Crippen LogP contribution is -2.17. The Hall–Kier alpha value is -2.14. The number of amides is 1. The molecule has 5 nitrogen and oxygen atoms in total. The van der Waals surface area contributed by atoms with Gasteiger partial charge in [0, 0.05) is 12.2 Å². The van der Waals surface area contributed by atoms with Crippen LogP contribution in [0.25, 0.3) is 0 Å². The van der Waals surface area contributed by atoms with Gasteiger partial charge < -0.3 is 10.4 Å². The number of carbonyl (C=O) groups excluding carboxylic acids is 1. The van der Waals surface area contributed by atoms with E-state index in [0.717, 1.165) is 11.3 Å². The van der Waals surface area contributed by atoms with E-state index in [-0.39, 0.29) is 5.91 Å². The summed E-state index contributed by atoms with van der Waals surface area (Å²) in [5, 5.41) is 16.6. The predicted molar refractivity (Wildman–Crippen MR) is 77.7 cm³/mol. The van der Waals surface area contributed by atoms with Crippen molar-refractivity contribution in [3.8, 4) is 0 Å². The number of aliphatic hydroxyl groups excluding tert-OH is 1. The number of nitrogens with zero attached hydrogens (tertiary/aromatic N) is 2. The summed E-state index contributed by atoms with van der Waals surface area (Å²) in [7, 11) is 0. The molecule has 0 aliphatic heterocycles. The molecular weight excluding hydrogens is 254 g/mol. The van der Waals surface area contributed by atoms with Gasteiger partial charge >= 0.3 is 0 Å². The molecule has 1 aromatic carbocycles. The van der Waals surface area contributed by atoms with Gasteiger partial charge in [0.05, 0.1) is 11.8 Å². The molecule has 2 aromatic rings. The zero-order chi connectivity index (χ0) is 14.7. The van der Waals surface area contributed by atoms with Crippen LogP contribution in [0.3, 0.4) is 0 Å². The van der Waals surface area contributed by atoms with Gasteiger partial charge in [-0.15, -0.1) is 0 Å². The Bertz CT molecular complexity index is 617. The number of hydrogen-bond acceptors (Lipinski definition) is 3. The van der Waals surface area contributed by atoms with Crippen molar-refractivity contribution in [1.29, 1.82) is 0 Å². The van der Waals surface area contributed by atoms with E-state index in [1.54, 1.807) is 35.9 Å². The quantitative estimate of drug-likeness (QED) is 0.899. The maximum Gasteiger partial charge on any atom is 0.273 e. The molecule has 0 saturated carbocycles. The zero-order valence-corrected chi connectivity index (χ0v) is 11.9. The van der Waals surface area contributed by atoms with Crippen molar-refractivity contribution in [1.82, 2.24) is 9.78 Å². The second-order valence-electron chi connectivity index (χ2n) is 4.74. The Morgan fingerprint density at radius 2 is 2.20 bits per heavy atom. The summed E-state index contributed by atoms with van der Waals surface area (Å²) in [6.07, 6.45) is -0.560. The monoisotopic (exact) mass is 273 g/mol. The first-order chi connectivity index (χ1) is 9.51. The Morgan fingerprint density at radius 3 is 2.85 bits per heavy atom. The van der Waals surface area contributed by atoms with Crippen LogP contribution in [0.4, 0.5) is 5.69 Å². The highest BCUT2D eigenvalue weighted by molar-refractivity contribution is 6.03. The Labute approximate surface area is 118 Å². The standard InChI is InChI=1S/C15H19N3O2/c1-4-18-14(8-10(2)17-18)15(20)16-13-7-5-6-12(9-13)11(3)19/h5-9,11,19H,4H2,1-3H3,(H,16,20). The van der Waals surface area contributed by atoms with E-state index in [1.165, 1.54) is 0 Å². The van der Waals surface area contributed by atoms with E-state index in [1.807, 2.05) is 19.9 Å². The minimum Gasteiger partial charge on any atom is -0.389 e. The van der Waals surface area contributed by atoms with Crippen LogP contribution in [0.5, 0.6) is 0 Å². The number of aliphatic hydroxyl groups is 1. The molecule has 0 spiro atoms. The second kappa shape index (κ2) is 5.88. The summed E-state index contributed by atoms with van der Waals surface area (Å²) in [4.78, 5) is 12.3. The molecule has 0 saturated heterocycles. The zero-order valence-electron chi connectivity index (χ0n) is 11.9. The highest BCUT2D eigenvalue weighted by Gasteiger charge is 2.13. The maximum atomic E-state index is 12.3. The largest absolute Gasteiger partial charge is 0.389 e. The second-order valence-corrected chi connectivity index (χ2v) is 4.74. The number of carbonyl (C=O) groups is 1. The molecule has 0 fully saturated rings. The lowest BCUT2D eigenvalue weighted by molar-refractivity contribution is 0.101. The van der Waals surface area contributed by atoms with E-state index < -0.39 is 6.10 Å². The van der Waals surface area contributed by atoms with Gasteiger partial charge in [-0.1, -0.05) is 12.1 Å². The minimum absolute atomic E-state index is 0.199. The smallest absolute Gasteiger partial charge is 0.273 e. The molecule has 0 aliphatic rings. The van der Waals surface area contributed by atoms with Crippen molar-refractivity contribution in [3.63, 3.8) is 0 Å². The average Bonchev–Trinajstić information content (AvgIpc) is 2.80. The van der Waals surface area contributed by atoms with Gasteiger partial charge in [-0.2, -0.15) is 5.10 Å². The lowest BCUT2D eigenvalue weighted by Gasteiger charge is -2.09. The molecule has 2 rings (SSSR count). The Balaban J connectivity index is 2.21. The summed E-state index contributed by atoms with van der Waals surface area (Å²) in [5.74, 6) is -0.199. The number of rotatable bonds is 4. The van der Waals surface area contributed by atoms with Gasteiger partial charge in [0.15, 0.2) is 0 Å². The van der Waals surface area contributed by atoms with Crippen molar-refractivity contribution in [2.24, 2.45) is 0 Å². The molecule has 2 N–H and O–H groups in total. The van der Waals surface area contributed by atoms with Crippen molar-refractivity contribution in [2.45, 2.75) is 33.4 Å². The van der Waals surface area contributed by atoms with E-state index in [2.05, 4.69) is 10.4 Å². The third-order valence-electron chi connectivity index (χ3n) is 3.06. The molecule has 1 unspecified atom stereocenters. The van der Waals surface area contributed by atoms with Crippen molar-refractivity contribution in [2.75, 3.05) is 5.32 Å². The Kier molecular flexibility index (Phi) is 4.20. The van der Waals surface area contributed by atoms with Crippen LogP contribution in [-0.4, -0.2) is 20.8 Å². The highest BCUT2D eigenvalue weighted by Crippen LogP contribution is 2.18. The van der Waals surface area contributed by atoms with Gasteiger partial charge in [-0.05, 0) is 44.5 Å². The van der Waals surface area contributed by atoms with Crippen LogP contribution in [0.1, 0.15) is 41.7 Å². The van der Waals surface area contributed by atoms with Crippen LogP contribution in [0, 0.1) is 6.92 Å². The third-order valence-corrected chi connectivity index (χ3v) is 3.06. The molecule has 0 aliphatic carbocycles. The van der Waals surface area contributed by atoms with Crippen LogP contribution in [0.15, 0.2) is 30.3 Å². The first kappa shape index (κ1) is 14.3. The van der Waals surface area contributed by atoms with Crippen molar-refractivity contribution in [3.05, 3.63) is 47.3 Å². The first-order valence-electron chi connectivity index (χ1n) is 6.65. The molecule has 5 heteroatoms. The summed E-state index contributed by atoms with van der Waals surface area (Å²) in [6.45, 7) is 6.13. The molecule has 0 radical (unpaired) electrons. The normalized spacial score (nSPS) is 12.2. The van der Waals surface area contributed by atoms with E-state index in [0.29, 0.717) is 17.9 Å². The number of aryl methyl sites for hydroxylation is 2. The highest BCUT2D eigenvalue weighted by atomic mass is 16.3. The Morgan fingerprint density at radius 1 is 1.45 bits per heavy atom. The summed E-state index contributed by atoms with van der Waals surface area (Å²) in [5.41, 5.74) is 2.78. The molecule has 1 atom stereocenters. The van der Waals surface area contributed by atoms with Gasteiger partial charge in [-0.25, -0.2) is 0 Å². The topological polar surface area (TPSA) is 67.2 Å². The van der Waals surface area contributed by atoms with Gasteiger partial charge in [0.1, 0.15) is 5.69 Å². The number of benzene rings is 1. The summed E-state index contributed by atoms with van der Waals surface area (Å²) in [6, 6.07) is 8.95. The fourth-order valence-electron chi connectivity index (χ4n) is 2.04. The van der Waals surface area contributed by atoms with E-state index >= 15 is 0 Å². The molecule has 1 aromatic heterocycles. The molecule has 1 amide bonds. The maximum absolute atomic E-state index is 12.3. The third kappa shape index (κ3) is 3.05. The van der Waals surface area contributed by atoms with Gasteiger partial charge in [0.25, 0.3) is 5.91 Å². The number of nitrogens with one attached hydrogen (secondary N) is 1. The minimum atomic E-state index is -0.560. The number of hydrogen-bond donors (Lipinski definition) is 2. The molecule has 20 heavy (non-hydrogen) atoms. The molecular formula is C15H19N3O2. The van der Waals surface area contributed by atoms with Crippen LogP contribution < -0.4 is 5.32 Å². The van der Waals surface area contributed by atoms with E-state index in [4.69, 9.17) is 0 Å². The molecule has 106 valence electrons.